The molecule has 2 nitrogen and oxygen atoms in total. The van der Waals surface area contributed by atoms with Crippen LogP contribution in [0.3, 0.4) is 0 Å². The molecule has 0 bridgehead atoms. The van der Waals surface area contributed by atoms with Gasteiger partial charge in [-0.05, 0) is 24.1 Å². The maximum atomic E-state index is 12.5. The maximum Gasteiger partial charge on any atom is 0.417 e. The summed E-state index contributed by atoms with van der Waals surface area (Å²) in [5.41, 5.74) is 5.01. The largest absolute Gasteiger partial charge is 0.417 e. The van der Waals surface area contributed by atoms with Crippen molar-refractivity contribution < 1.29 is 18.3 Å². The predicted molar refractivity (Wildman–Crippen MR) is 55.1 cm³/mol. The molecular formula is C10H11ClF3NO. The van der Waals surface area contributed by atoms with E-state index in [1.807, 2.05) is 0 Å². The first-order valence-corrected chi connectivity index (χ1v) is 4.97. The molecule has 1 atom stereocenters. The van der Waals surface area contributed by atoms with Crippen LogP contribution in [0, 0.1) is 0 Å². The molecule has 6 heteroatoms. The van der Waals surface area contributed by atoms with Crippen molar-refractivity contribution >= 4 is 11.6 Å². The zero-order chi connectivity index (χ0) is 12.3. The van der Waals surface area contributed by atoms with Gasteiger partial charge in [0.25, 0.3) is 0 Å². The smallest absolute Gasteiger partial charge is 0.396 e. The quantitative estimate of drug-likeness (QED) is 0.870. The fourth-order valence-electron chi connectivity index (χ4n) is 1.30. The molecule has 0 aromatic heterocycles. The fraction of sp³-hybridized carbons (Fsp3) is 0.400. The molecule has 0 aliphatic rings. The number of hydrogen-bond donors (Lipinski definition) is 2. The fourth-order valence-corrected chi connectivity index (χ4v) is 1.52. The highest BCUT2D eigenvalue weighted by Crippen LogP contribution is 2.36. The average Bonchev–Trinajstić information content (AvgIpc) is 2.16. The second kappa shape index (κ2) is 5.03. The second-order valence-electron chi connectivity index (χ2n) is 3.36. The van der Waals surface area contributed by atoms with E-state index in [2.05, 4.69) is 0 Å². The van der Waals surface area contributed by atoms with Crippen molar-refractivity contribution in [3.8, 4) is 0 Å². The SMILES string of the molecule is N[C@H](CCO)c1ccc(Cl)c(C(F)(F)F)c1. The minimum atomic E-state index is -4.49. The highest BCUT2D eigenvalue weighted by atomic mass is 35.5. The van der Waals surface area contributed by atoms with Gasteiger partial charge in [0.15, 0.2) is 0 Å². The number of hydrogen-bond acceptors (Lipinski definition) is 2. The molecule has 0 heterocycles. The molecule has 0 saturated carbocycles. The third-order valence-corrected chi connectivity index (χ3v) is 2.49. The summed E-state index contributed by atoms with van der Waals surface area (Å²) in [5, 5.41) is 8.30. The summed E-state index contributed by atoms with van der Waals surface area (Å²) in [7, 11) is 0. The van der Waals surface area contributed by atoms with Crippen LogP contribution in [0.1, 0.15) is 23.6 Å². The van der Waals surface area contributed by atoms with Crippen LogP contribution >= 0.6 is 11.6 Å². The number of alkyl halides is 3. The van der Waals surface area contributed by atoms with Crippen molar-refractivity contribution in [3.63, 3.8) is 0 Å². The number of rotatable bonds is 3. The molecular weight excluding hydrogens is 243 g/mol. The molecule has 0 aliphatic heterocycles. The van der Waals surface area contributed by atoms with Gasteiger partial charge >= 0.3 is 6.18 Å². The van der Waals surface area contributed by atoms with Crippen molar-refractivity contribution in [2.45, 2.75) is 18.6 Å². The Morgan fingerprint density at radius 3 is 2.50 bits per heavy atom. The molecule has 0 spiro atoms. The van der Waals surface area contributed by atoms with Gasteiger partial charge < -0.3 is 10.8 Å². The number of benzene rings is 1. The van der Waals surface area contributed by atoms with Gasteiger partial charge in [-0.3, -0.25) is 0 Å². The van der Waals surface area contributed by atoms with Gasteiger partial charge in [-0.25, -0.2) is 0 Å². The molecule has 90 valence electrons. The Balaban J connectivity index is 3.07. The summed E-state index contributed by atoms with van der Waals surface area (Å²) in [6, 6.07) is 2.89. The Kier molecular flexibility index (Phi) is 4.18. The van der Waals surface area contributed by atoms with Gasteiger partial charge in [0.05, 0.1) is 10.6 Å². The van der Waals surface area contributed by atoms with Crippen LogP contribution in [0.2, 0.25) is 5.02 Å². The van der Waals surface area contributed by atoms with Crippen LogP contribution in [0.25, 0.3) is 0 Å². The molecule has 1 aromatic rings. The Bertz CT molecular complexity index is 368. The standard InChI is InChI=1S/C10H11ClF3NO/c11-8-2-1-6(9(15)3-4-16)5-7(8)10(12,13)14/h1-2,5,9,16H,3-4,15H2/t9-/m1/s1. The van der Waals surface area contributed by atoms with Crippen molar-refractivity contribution in [1.29, 1.82) is 0 Å². The number of nitrogens with two attached hydrogens (primary N) is 1. The Morgan fingerprint density at radius 1 is 1.38 bits per heavy atom. The molecule has 0 aliphatic carbocycles. The summed E-state index contributed by atoms with van der Waals surface area (Å²) in [5.74, 6) is 0. The lowest BCUT2D eigenvalue weighted by atomic mass is 10.0. The van der Waals surface area contributed by atoms with E-state index in [9.17, 15) is 13.2 Å². The van der Waals surface area contributed by atoms with Crippen LogP contribution in [-0.2, 0) is 6.18 Å². The van der Waals surface area contributed by atoms with E-state index in [1.54, 1.807) is 0 Å². The van der Waals surface area contributed by atoms with Crippen LogP contribution < -0.4 is 5.73 Å². The van der Waals surface area contributed by atoms with Gasteiger partial charge in [0, 0.05) is 12.6 Å². The van der Waals surface area contributed by atoms with E-state index in [0.717, 1.165) is 12.1 Å². The van der Waals surface area contributed by atoms with E-state index in [1.165, 1.54) is 6.07 Å². The van der Waals surface area contributed by atoms with Crippen molar-refractivity contribution in [2.75, 3.05) is 6.61 Å². The molecule has 16 heavy (non-hydrogen) atoms. The minimum Gasteiger partial charge on any atom is -0.396 e. The predicted octanol–water partition coefficient (Wildman–Crippen LogP) is 2.74. The Hall–Kier alpha value is -0.780. The molecule has 1 rings (SSSR count). The van der Waals surface area contributed by atoms with Gasteiger partial charge in [0.1, 0.15) is 0 Å². The van der Waals surface area contributed by atoms with E-state index >= 15 is 0 Å². The van der Waals surface area contributed by atoms with E-state index < -0.39 is 17.8 Å². The van der Waals surface area contributed by atoms with E-state index in [4.69, 9.17) is 22.4 Å². The monoisotopic (exact) mass is 253 g/mol. The molecule has 3 N–H and O–H groups in total. The van der Waals surface area contributed by atoms with Gasteiger partial charge in [-0.15, -0.1) is 0 Å². The number of aliphatic hydroxyl groups is 1. The first-order chi connectivity index (χ1) is 7.36. The number of halogens is 4. The third-order valence-electron chi connectivity index (χ3n) is 2.16. The minimum absolute atomic E-state index is 0.175. The van der Waals surface area contributed by atoms with E-state index in [-0.39, 0.29) is 18.1 Å². The molecule has 1 aromatic carbocycles. The summed E-state index contributed by atoms with van der Waals surface area (Å²) in [6.07, 6.45) is -4.29. The topological polar surface area (TPSA) is 46.2 Å². The van der Waals surface area contributed by atoms with Crippen LogP contribution in [0.15, 0.2) is 18.2 Å². The lowest BCUT2D eigenvalue weighted by Gasteiger charge is -2.14. The maximum absolute atomic E-state index is 12.5. The summed E-state index contributed by atoms with van der Waals surface area (Å²) in [6.45, 7) is -0.175. The lowest BCUT2D eigenvalue weighted by Crippen LogP contribution is -2.14. The molecule has 0 unspecified atom stereocenters. The van der Waals surface area contributed by atoms with Crippen molar-refractivity contribution in [3.05, 3.63) is 34.3 Å². The Labute approximate surface area is 95.8 Å². The summed E-state index contributed by atoms with van der Waals surface area (Å²) >= 11 is 5.45. The van der Waals surface area contributed by atoms with Gasteiger partial charge in [0.2, 0.25) is 0 Å². The highest BCUT2D eigenvalue weighted by molar-refractivity contribution is 6.31. The first kappa shape index (κ1) is 13.3. The van der Waals surface area contributed by atoms with Gasteiger partial charge in [-0.1, -0.05) is 17.7 Å². The first-order valence-electron chi connectivity index (χ1n) is 4.59. The van der Waals surface area contributed by atoms with Crippen LogP contribution in [0.5, 0.6) is 0 Å². The molecule has 0 radical (unpaired) electrons. The molecule has 0 fully saturated rings. The Morgan fingerprint density at radius 2 is 2.00 bits per heavy atom. The molecule has 0 amide bonds. The van der Waals surface area contributed by atoms with Crippen LogP contribution in [0.4, 0.5) is 13.2 Å². The normalized spacial score (nSPS) is 13.9. The second-order valence-corrected chi connectivity index (χ2v) is 3.76. The number of aliphatic hydroxyl groups excluding tert-OH is 1. The average molecular weight is 254 g/mol. The summed E-state index contributed by atoms with van der Waals surface area (Å²) in [4.78, 5) is 0. The van der Waals surface area contributed by atoms with E-state index in [0.29, 0.717) is 5.56 Å². The lowest BCUT2D eigenvalue weighted by molar-refractivity contribution is -0.137. The third kappa shape index (κ3) is 3.10. The van der Waals surface area contributed by atoms with Gasteiger partial charge in [-0.2, -0.15) is 13.2 Å². The zero-order valence-corrected chi connectivity index (χ0v) is 9.02. The summed E-state index contributed by atoms with van der Waals surface area (Å²) < 4.78 is 37.5. The van der Waals surface area contributed by atoms with Crippen molar-refractivity contribution in [2.24, 2.45) is 5.73 Å². The van der Waals surface area contributed by atoms with Crippen molar-refractivity contribution in [1.82, 2.24) is 0 Å². The van der Waals surface area contributed by atoms with Crippen LogP contribution in [-0.4, -0.2) is 11.7 Å². The molecule has 0 saturated heterocycles. The highest BCUT2D eigenvalue weighted by Gasteiger charge is 2.33. The zero-order valence-electron chi connectivity index (χ0n) is 8.26.